The number of rotatable bonds is 0. The van der Waals surface area contributed by atoms with Gasteiger partial charge in [0, 0.05) is 25.2 Å². The van der Waals surface area contributed by atoms with E-state index in [0.717, 1.165) is 46.9 Å². The lowest BCUT2D eigenvalue weighted by atomic mass is 10.0. The molecule has 0 amide bonds. The first-order valence-corrected chi connectivity index (χ1v) is 4.73. The van der Waals surface area contributed by atoms with Crippen molar-refractivity contribution in [3.63, 3.8) is 0 Å². The minimum Gasteiger partial charge on any atom is -0.283 e. The fraction of sp³-hybridized carbons (Fsp3) is 0.778. The molecule has 0 radical (unpaired) electrons. The summed E-state index contributed by atoms with van der Waals surface area (Å²) in [6.45, 7) is 3.47. The first kappa shape index (κ1) is 8.69. The summed E-state index contributed by atoms with van der Waals surface area (Å²) in [5, 5.41) is 10.9. The summed E-state index contributed by atoms with van der Waals surface area (Å²) >= 11 is 0. The maximum atomic E-state index is 11.7. The molecule has 0 unspecified atom stereocenters. The highest BCUT2D eigenvalue weighted by molar-refractivity contribution is 5.14. The van der Waals surface area contributed by atoms with E-state index in [9.17, 15) is 10.1 Å². The molecule has 2 aliphatic rings. The van der Waals surface area contributed by atoms with Crippen LogP contribution in [0.25, 0.3) is 0 Å². The molecule has 1 aliphatic heterocycles. The van der Waals surface area contributed by atoms with Crippen molar-refractivity contribution in [2.75, 3.05) is 0 Å². The Hall–Kier alpha value is -0.900. The lowest BCUT2D eigenvalue weighted by Gasteiger charge is -2.20. The number of nitrogens with zero attached hydrogens (tertiary/aromatic N) is 2. The van der Waals surface area contributed by atoms with Gasteiger partial charge in [0.2, 0.25) is 0 Å². The topological polar surface area (TPSA) is 43.5 Å². The smallest absolute Gasteiger partial charge is 0.283 e. The zero-order valence-electron chi connectivity index (χ0n) is 8.08. The predicted octanol–water partition coefficient (Wildman–Crippen LogP) is 1.99. The minimum atomic E-state index is -0.811. The molecule has 2 rings (SSSR count). The molecular weight excluding hydrogens is 168 g/mol. The zero-order valence-corrected chi connectivity index (χ0v) is 8.08. The van der Waals surface area contributed by atoms with E-state index in [0.29, 0.717) is 0 Å². The van der Waals surface area contributed by atoms with Gasteiger partial charge >= 0.3 is 5.66 Å². The molecule has 72 valence electrons. The maximum Gasteiger partial charge on any atom is 0.307 e. The quantitative estimate of drug-likeness (QED) is 0.584. The number of hydroxylamine groups is 2. The number of nitroso groups, excluding NO2 is 1. The van der Waals surface area contributed by atoms with E-state index in [4.69, 9.17) is 0 Å². The fourth-order valence-corrected chi connectivity index (χ4v) is 2.07. The third kappa shape index (κ3) is 1.01. The Kier molecular flexibility index (Phi) is 1.70. The van der Waals surface area contributed by atoms with Gasteiger partial charge in [-0.25, -0.2) is 0 Å². The molecule has 0 fully saturated rings. The summed E-state index contributed by atoms with van der Waals surface area (Å²) in [5.74, 6) is 0. The van der Waals surface area contributed by atoms with Gasteiger partial charge in [-0.1, -0.05) is 0 Å². The molecule has 0 saturated heterocycles. The number of allylic oxidation sites excluding steroid dienone is 2. The molecule has 1 aliphatic carbocycles. The van der Waals surface area contributed by atoms with Gasteiger partial charge in [0.05, 0.1) is 4.76 Å². The Balaban J connectivity index is 2.41. The van der Waals surface area contributed by atoms with Crippen LogP contribution in [0, 0.1) is 4.91 Å². The molecule has 0 spiro atoms. The molecule has 0 atom stereocenters. The van der Waals surface area contributed by atoms with Gasteiger partial charge in [-0.3, -0.25) is 5.21 Å². The van der Waals surface area contributed by atoms with Gasteiger partial charge in [-0.05, 0) is 19.3 Å². The number of hydrogen-bond donors (Lipinski definition) is 1. The Bertz CT molecular complexity index is 294. The van der Waals surface area contributed by atoms with Crippen LogP contribution in [0.5, 0.6) is 0 Å². The van der Waals surface area contributed by atoms with Gasteiger partial charge in [-0.15, -0.1) is 0 Å². The largest absolute Gasteiger partial charge is 0.307 e. The fourth-order valence-electron chi connectivity index (χ4n) is 2.07. The van der Waals surface area contributed by atoms with Crippen LogP contribution in [-0.4, -0.2) is 20.7 Å². The van der Waals surface area contributed by atoms with E-state index in [1.807, 2.05) is 0 Å². The second kappa shape index (κ2) is 2.54. The third-order valence-corrected chi connectivity index (χ3v) is 2.93. The van der Waals surface area contributed by atoms with Crippen molar-refractivity contribution < 1.29 is 9.97 Å². The summed E-state index contributed by atoms with van der Waals surface area (Å²) in [6, 6.07) is 0. The second-order valence-corrected chi connectivity index (χ2v) is 4.20. The first-order valence-electron chi connectivity index (χ1n) is 4.73. The van der Waals surface area contributed by atoms with Gasteiger partial charge in [0.15, 0.2) is 0 Å². The summed E-state index contributed by atoms with van der Waals surface area (Å²) in [5.41, 5.74) is 0.791. The summed E-state index contributed by atoms with van der Waals surface area (Å²) < 4.78 is 0.946. The van der Waals surface area contributed by atoms with Gasteiger partial charge in [0.1, 0.15) is 5.70 Å². The van der Waals surface area contributed by atoms with Crippen molar-refractivity contribution in [1.82, 2.24) is 5.06 Å². The standard InChI is InChI=1S/C9H15N2O2/c1-9(2)10(12)7-5-3-4-6-8(7)11(9)13/h12H,3-6H2,1-2H3/q+1. The average Bonchev–Trinajstić information content (AvgIpc) is 2.30. The van der Waals surface area contributed by atoms with Crippen molar-refractivity contribution in [2.24, 2.45) is 0 Å². The minimum absolute atomic E-state index is 0.777. The highest BCUT2D eigenvalue weighted by Gasteiger charge is 2.54. The zero-order chi connectivity index (χ0) is 9.64. The molecule has 0 bridgehead atoms. The Morgan fingerprint density at radius 2 is 2.00 bits per heavy atom. The van der Waals surface area contributed by atoms with Crippen LogP contribution in [0.2, 0.25) is 0 Å². The molecule has 0 aromatic carbocycles. The lowest BCUT2D eigenvalue weighted by Crippen LogP contribution is -2.42. The van der Waals surface area contributed by atoms with Crippen LogP contribution in [-0.2, 0) is 0 Å². The Labute approximate surface area is 77.4 Å². The Morgan fingerprint density at radius 3 is 2.62 bits per heavy atom. The van der Waals surface area contributed by atoms with Gasteiger partial charge in [0.25, 0.3) is 5.70 Å². The monoisotopic (exact) mass is 183 g/mol. The van der Waals surface area contributed by atoms with E-state index < -0.39 is 5.66 Å². The number of hydrogen-bond acceptors (Lipinski definition) is 3. The predicted molar refractivity (Wildman–Crippen MR) is 46.8 cm³/mol. The molecule has 4 nitrogen and oxygen atoms in total. The first-order chi connectivity index (χ1) is 6.05. The van der Waals surface area contributed by atoms with Crippen molar-refractivity contribution in [2.45, 2.75) is 45.2 Å². The van der Waals surface area contributed by atoms with E-state index >= 15 is 0 Å². The third-order valence-electron chi connectivity index (χ3n) is 2.93. The van der Waals surface area contributed by atoms with Crippen LogP contribution in [0.1, 0.15) is 39.5 Å². The van der Waals surface area contributed by atoms with Gasteiger partial charge in [-0.2, -0.15) is 5.06 Å². The summed E-state index contributed by atoms with van der Waals surface area (Å²) in [4.78, 5) is 11.7. The SMILES string of the molecule is CC1(C)N(O)C2=C(CCCC2)[N+]1=O. The molecule has 0 aromatic rings. The van der Waals surface area contributed by atoms with Crippen molar-refractivity contribution in [3.8, 4) is 0 Å². The molecule has 0 aromatic heterocycles. The molecule has 1 heterocycles. The van der Waals surface area contributed by atoms with E-state index in [1.165, 1.54) is 0 Å². The van der Waals surface area contributed by atoms with Crippen molar-refractivity contribution >= 4 is 0 Å². The summed E-state index contributed by atoms with van der Waals surface area (Å²) in [7, 11) is 0. The van der Waals surface area contributed by atoms with Crippen LogP contribution < -0.4 is 0 Å². The molecule has 13 heavy (non-hydrogen) atoms. The molecule has 4 heteroatoms. The normalized spacial score (nSPS) is 26.7. The van der Waals surface area contributed by atoms with Crippen molar-refractivity contribution in [1.29, 1.82) is 0 Å². The highest BCUT2D eigenvalue weighted by Crippen LogP contribution is 2.39. The maximum absolute atomic E-state index is 11.7. The second-order valence-electron chi connectivity index (χ2n) is 4.20. The average molecular weight is 183 g/mol. The highest BCUT2D eigenvalue weighted by atomic mass is 16.5. The van der Waals surface area contributed by atoms with Gasteiger partial charge < -0.3 is 0 Å². The molecule has 0 saturated carbocycles. The van der Waals surface area contributed by atoms with E-state index in [1.54, 1.807) is 13.8 Å². The lowest BCUT2D eigenvalue weighted by molar-refractivity contribution is -0.605. The van der Waals surface area contributed by atoms with E-state index in [2.05, 4.69) is 0 Å². The van der Waals surface area contributed by atoms with Crippen LogP contribution in [0.4, 0.5) is 0 Å². The Morgan fingerprint density at radius 1 is 1.38 bits per heavy atom. The molecule has 1 N–H and O–H groups in total. The summed E-state index contributed by atoms with van der Waals surface area (Å²) in [6.07, 6.45) is 3.76. The van der Waals surface area contributed by atoms with E-state index in [-0.39, 0.29) is 0 Å². The molecular formula is C9H15N2O2+. The van der Waals surface area contributed by atoms with Crippen molar-refractivity contribution in [3.05, 3.63) is 16.3 Å². The van der Waals surface area contributed by atoms with Crippen LogP contribution in [0.3, 0.4) is 0 Å². The van der Waals surface area contributed by atoms with Crippen LogP contribution >= 0.6 is 0 Å². The van der Waals surface area contributed by atoms with Crippen LogP contribution in [0.15, 0.2) is 11.4 Å².